The highest BCUT2D eigenvalue weighted by atomic mass is 19.1. The lowest BCUT2D eigenvalue weighted by molar-refractivity contribution is 0.0848. The van der Waals surface area contributed by atoms with Gasteiger partial charge < -0.3 is 20.1 Å². The van der Waals surface area contributed by atoms with Gasteiger partial charge in [-0.15, -0.1) is 0 Å². The van der Waals surface area contributed by atoms with Crippen molar-refractivity contribution >= 4 is 22.7 Å². The van der Waals surface area contributed by atoms with Crippen LogP contribution in [0.1, 0.15) is 29.2 Å². The van der Waals surface area contributed by atoms with E-state index in [1.165, 1.54) is 6.07 Å². The number of carboxylic acid groups (broad SMARTS) is 1. The minimum absolute atomic E-state index is 0.0561. The van der Waals surface area contributed by atoms with Crippen LogP contribution < -0.4 is 11.3 Å². The predicted molar refractivity (Wildman–Crippen MR) is 102 cm³/mol. The number of pyridine rings is 2. The van der Waals surface area contributed by atoms with E-state index >= 15 is 0 Å². The van der Waals surface area contributed by atoms with E-state index in [1.54, 1.807) is 23.6 Å². The number of hydrogen-bond donors (Lipinski definition) is 2. The van der Waals surface area contributed by atoms with Crippen LogP contribution in [0.25, 0.3) is 22.3 Å². The maximum absolute atomic E-state index is 14.0. The van der Waals surface area contributed by atoms with Crippen molar-refractivity contribution in [3.63, 3.8) is 0 Å². The molecule has 0 saturated carbocycles. The van der Waals surface area contributed by atoms with Crippen molar-refractivity contribution in [1.29, 1.82) is 0 Å². The van der Waals surface area contributed by atoms with Gasteiger partial charge in [-0.05, 0) is 36.6 Å². The second kappa shape index (κ2) is 6.33. The van der Waals surface area contributed by atoms with Crippen molar-refractivity contribution in [2.75, 3.05) is 5.73 Å². The number of aryl methyl sites for hydroxylation is 2. The molecule has 28 heavy (non-hydrogen) atoms. The van der Waals surface area contributed by atoms with E-state index in [1.807, 2.05) is 6.92 Å². The third-order valence-corrected chi connectivity index (χ3v) is 5.20. The molecule has 1 aromatic carbocycles. The molecule has 8 heteroatoms. The maximum Gasteiger partial charge on any atom is 0.506 e. The van der Waals surface area contributed by atoms with Crippen LogP contribution in [0.5, 0.6) is 0 Å². The molecule has 1 aliphatic heterocycles. The summed E-state index contributed by atoms with van der Waals surface area (Å²) >= 11 is 0. The lowest BCUT2D eigenvalue weighted by atomic mass is 9.98. The normalized spacial score (nSPS) is 12.1. The zero-order valence-corrected chi connectivity index (χ0v) is 15.4. The van der Waals surface area contributed by atoms with E-state index in [0.29, 0.717) is 35.4 Å². The van der Waals surface area contributed by atoms with E-state index in [9.17, 15) is 14.0 Å². The van der Waals surface area contributed by atoms with Gasteiger partial charge in [0.15, 0.2) is 0 Å². The second-order valence-electron chi connectivity index (χ2n) is 6.80. The van der Waals surface area contributed by atoms with E-state index in [2.05, 4.69) is 9.72 Å². The number of carbonyl (C=O) groups is 1. The molecule has 4 rings (SSSR count). The van der Waals surface area contributed by atoms with Crippen LogP contribution in [0.15, 0.2) is 23.0 Å². The number of aromatic nitrogens is 2. The quantitative estimate of drug-likeness (QED) is 0.415. The first-order valence-electron chi connectivity index (χ1n) is 8.81. The largest absolute Gasteiger partial charge is 0.506 e. The number of fused-ring (bicyclic) bond motifs is 4. The van der Waals surface area contributed by atoms with Gasteiger partial charge in [-0.1, -0.05) is 6.92 Å². The lowest BCUT2D eigenvalue weighted by Crippen LogP contribution is -2.25. The Morgan fingerprint density at radius 1 is 1.36 bits per heavy atom. The fraction of sp³-hybridized carbons (Fsp3) is 0.250. The van der Waals surface area contributed by atoms with Gasteiger partial charge in [0.25, 0.3) is 5.56 Å². The number of benzene rings is 1. The van der Waals surface area contributed by atoms with Crippen molar-refractivity contribution in [2.45, 2.75) is 33.4 Å². The number of halogens is 1. The first kappa shape index (κ1) is 18.0. The van der Waals surface area contributed by atoms with Gasteiger partial charge in [-0.3, -0.25) is 4.79 Å². The van der Waals surface area contributed by atoms with Crippen LogP contribution >= 0.6 is 0 Å². The highest BCUT2D eigenvalue weighted by Gasteiger charge is 2.27. The first-order valence-corrected chi connectivity index (χ1v) is 8.81. The van der Waals surface area contributed by atoms with Gasteiger partial charge in [-0.2, -0.15) is 0 Å². The SMILES string of the molecule is CCc1c2c(nc3cc(F)c(N)cc13)-c1cc(C)c(COC(=O)O)c(=O)n1C2. The summed E-state index contributed by atoms with van der Waals surface area (Å²) in [5.74, 6) is -0.533. The highest BCUT2D eigenvalue weighted by molar-refractivity contribution is 5.90. The van der Waals surface area contributed by atoms with Crippen LogP contribution in [-0.4, -0.2) is 20.8 Å². The Bertz CT molecular complexity index is 1220. The Hall–Kier alpha value is -3.42. The van der Waals surface area contributed by atoms with Crippen LogP contribution in [0, 0.1) is 12.7 Å². The van der Waals surface area contributed by atoms with Crippen LogP contribution in [-0.2, 0) is 24.3 Å². The van der Waals surface area contributed by atoms with Gasteiger partial charge in [0.1, 0.15) is 12.4 Å². The minimum Gasteiger partial charge on any atom is -0.450 e. The maximum atomic E-state index is 14.0. The molecule has 144 valence electrons. The average molecular weight is 383 g/mol. The molecule has 3 aromatic rings. The molecular weight excluding hydrogens is 365 g/mol. The number of nitrogen functional groups attached to an aromatic ring is 1. The number of anilines is 1. The van der Waals surface area contributed by atoms with Crippen molar-refractivity contribution < 1.29 is 19.0 Å². The topological polar surface area (TPSA) is 107 Å². The fourth-order valence-corrected chi connectivity index (χ4v) is 3.83. The molecule has 0 saturated heterocycles. The number of hydrogen-bond acceptors (Lipinski definition) is 5. The molecule has 0 atom stereocenters. The molecule has 0 bridgehead atoms. The molecule has 0 aliphatic carbocycles. The molecule has 1 aliphatic rings. The summed E-state index contributed by atoms with van der Waals surface area (Å²) in [5, 5.41) is 9.50. The van der Waals surface area contributed by atoms with E-state index < -0.39 is 12.0 Å². The van der Waals surface area contributed by atoms with Gasteiger partial charge in [0, 0.05) is 17.0 Å². The summed E-state index contributed by atoms with van der Waals surface area (Å²) in [5.41, 5.74) is 10.0. The molecule has 0 unspecified atom stereocenters. The lowest BCUT2D eigenvalue weighted by Gasteiger charge is -2.11. The third kappa shape index (κ3) is 2.60. The number of nitrogens with two attached hydrogens (primary N) is 1. The van der Waals surface area contributed by atoms with Crippen molar-refractivity contribution in [3.05, 3.63) is 56.6 Å². The van der Waals surface area contributed by atoms with Crippen molar-refractivity contribution in [3.8, 4) is 11.4 Å². The monoisotopic (exact) mass is 383 g/mol. The summed E-state index contributed by atoms with van der Waals surface area (Å²) in [6.45, 7) is 3.71. The van der Waals surface area contributed by atoms with Gasteiger partial charge in [0.05, 0.1) is 34.7 Å². The smallest absolute Gasteiger partial charge is 0.450 e. The Balaban J connectivity index is 1.95. The molecule has 7 nitrogen and oxygen atoms in total. The molecular formula is C20H18FN3O4. The Labute approximate surface area is 159 Å². The van der Waals surface area contributed by atoms with Gasteiger partial charge in [0.2, 0.25) is 0 Å². The molecule has 2 aromatic heterocycles. The molecule has 3 heterocycles. The fourth-order valence-electron chi connectivity index (χ4n) is 3.83. The molecule has 0 amide bonds. The summed E-state index contributed by atoms with van der Waals surface area (Å²) in [7, 11) is 0. The summed E-state index contributed by atoms with van der Waals surface area (Å²) in [4.78, 5) is 28.3. The van der Waals surface area contributed by atoms with E-state index in [0.717, 1.165) is 16.5 Å². The minimum atomic E-state index is -1.44. The zero-order valence-electron chi connectivity index (χ0n) is 15.4. The standard InChI is InChI=1S/C20H18FN3O4/c1-3-10-11-5-15(22)14(21)6-16(11)23-18-12(10)7-24-17(18)4-9(2)13(19(24)25)8-28-20(26)27/h4-6H,3,7-8,22H2,1-2H3,(H,26,27). The summed E-state index contributed by atoms with van der Waals surface area (Å²) in [6, 6.07) is 4.69. The van der Waals surface area contributed by atoms with Crippen molar-refractivity contribution in [2.24, 2.45) is 0 Å². The molecule has 0 spiro atoms. The number of rotatable bonds is 3. The van der Waals surface area contributed by atoms with Gasteiger partial charge >= 0.3 is 6.16 Å². The molecule has 0 fully saturated rings. The third-order valence-electron chi connectivity index (χ3n) is 5.20. The molecule has 3 N–H and O–H groups in total. The van der Waals surface area contributed by atoms with Gasteiger partial charge in [-0.25, -0.2) is 14.2 Å². The zero-order chi connectivity index (χ0) is 20.2. The number of ether oxygens (including phenoxy) is 1. The Morgan fingerprint density at radius 2 is 2.11 bits per heavy atom. The van der Waals surface area contributed by atoms with Crippen LogP contribution in [0.2, 0.25) is 0 Å². The Kier molecular flexibility index (Phi) is 4.06. The average Bonchev–Trinajstić information content (AvgIpc) is 2.99. The summed E-state index contributed by atoms with van der Waals surface area (Å²) in [6.07, 6.45) is -0.767. The van der Waals surface area contributed by atoms with Crippen LogP contribution in [0.3, 0.4) is 0 Å². The molecule has 0 radical (unpaired) electrons. The summed E-state index contributed by atoms with van der Waals surface area (Å²) < 4.78 is 20.1. The van der Waals surface area contributed by atoms with Crippen molar-refractivity contribution in [1.82, 2.24) is 9.55 Å². The Morgan fingerprint density at radius 3 is 2.79 bits per heavy atom. The second-order valence-corrected chi connectivity index (χ2v) is 6.80. The number of nitrogens with zero attached hydrogens (tertiary/aromatic N) is 2. The first-order chi connectivity index (χ1) is 13.3. The van der Waals surface area contributed by atoms with E-state index in [4.69, 9.17) is 10.8 Å². The highest BCUT2D eigenvalue weighted by Crippen LogP contribution is 2.37. The van der Waals surface area contributed by atoms with Crippen LogP contribution in [0.4, 0.5) is 14.9 Å². The predicted octanol–water partition coefficient (Wildman–Crippen LogP) is 3.21. The van der Waals surface area contributed by atoms with E-state index in [-0.39, 0.29) is 23.4 Å².